The van der Waals surface area contributed by atoms with Gasteiger partial charge in [0.2, 0.25) is 0 Å². The molecule has 2 aromatic rings. The summed E-state index contributed by atoms with van der Waals surface area (Å²) in [5.74, 6) is 1.09. The molecule has 0 spiro atoms. The van der Waals surface area contributed by atoms with Crippen molar-refractivity contribution < 1.29 is 42.6 Å². The number of hydrogen-bond acceptors (Lipinski definition) is 2. The van der Waals surface area contributed by atoms with Gasteiger partial charge in [-0.3, -0.25) is 0 Å². The molecule has 1 saturated carbocycles. The van der Waals surface area contributed by atoms with E-state index < -0.39 is 0 Å². The summed E-state index contributed by atoms with van der Waals surface area (Å²) in [6, 6.07) is 13.1. The molecule has 4 rings (SSSR count). The zero-order valence-electron chi connectivity index (χ0n) is 15.6. The van der Waals surface area contributed by atoms with Crippen LogP contribution in [0.5, 0.6) is 0 Å². The van der Waals surface area contributed by atoms with E-state index in [1.54, 1.807) is 6.08 Å². The van der Waals surface area contributed by atoms with Crippen molar-refractivity contribution >= 4 is 10.8 Å². The van der Waals surface area contributed by atoms with Gasteiger partial charge < -0.3 is 23.7 Å². The maximum atomic E-state index is 9.61. The van der Waals surface area contributed by atoms with Crippen LogP contribution in [0.1, 0.15) is 36.5 Å². The Labute approximate surface area is 182 Å². The third-order valence-electron chi connectivity index (χ3n) is 5.70. The maximum absolute atomic E-state index is 9.61. The SMILES string of the molecule is C=CC(CO)OC1c2c(ccc3ccccc23)CC2CCC[CH-]C21.[CH3-].[Y]. The second-order valence-electron chi connectivity index (χ2n) is 7.08. The fraction of sp³-hybridized carbons (Fsp3) is 0.391. The Balaban J connectivity index is 0.00000121. The zero-order valence-corrected chi connectivity index (χ0v) is 18.4. The Kier molecular flexibility index (Phi) is 8.03. The van der Waals surface area contributed by atoms with Crippen molar-refractivity contribution in [2.45, 2.75) is 37.9 Å². The van der Waals surface area contributed by atoms with Crippen molar-refractivity contribution in [2.75, 3.05) is 6.61 Å². The molecule has 0 bridgehead atoms. The molecule has 4 unspecified atom stereocenters. The van der Waals surface area contributed by atoms with E-state index in [2.05, 4.69) is 49.4 Å². The minimum Gasteiger partial charge on any atom is -0.393 e. The number of fused-ring (bicyclic) bond motifs is 4. The van der Waals surface area contributed by atoms with E-state index in [1.165, 1.54) is 41.2 Å². The van der Waals surface area contributed by atoms with Gasteiger partial charge in [0.15, 0.2) is 0 Å². The van der Waals surface area contributed by atoms with Gasteiger partial charge in [0, 0.05) is 32.7 Å². The first kappa shape index (κ1) is 21.8. The molecule has 0 aliphatic heterocycles. The molecule has 2 aliphatic carbocycles. The van der Waals surface area contributed by atoms with Gasteiger partial charge in [-0.05, 0) is 28.3 Å². The average molecular weight is 425 g/mol. The maximum Gasteiger partial charge on any atom is 0.0991 e. The van der Waals surface area contributed by atoms with Crippen molar-refractivity contribution in [3.05, 3.63) is 74.0 Å². The van der Waals surface area contributed by atoms with Crippen LogP contribution in [0.2, 0.25) is 0 Å². The van der Waals surface area contributed by atoms with Gasteiger partial charge in [-0.25, -0.2) is 0 Å². The second kappa shape index (κ2) is 9.60. The van der Waals surface area contributed by atoms with E-state index >= 15 is 0 Å². The van der Waals surface area contributed by atoms with Gasteiger partial charge in [0.1, 0.15) is 0 Å². The Morgan fingerprint density at radius 3 is 2.85 bits per heavy atom. The molecule has 1 N–H and O–H groups in total. The number of ether oxygens (including phenoxy) is 1. The summed E-state index contributed by atoms with van der Waals surface area (Å²) in [7, 11) is 0. The molecule has 1 radical (unpaired) electrons. The molecule has 137 valence electrons. The fourth-order valence-corrected chi connectivity index (χ4v) is 4.53. The molecule has 2 aromatic carbocycles. The first-order valence-corrected chi connectivity index (χ1v) is 9.04. The van der Waals surface area contributed by atoms with E-state index in [-0.39, 0.29) is 59.0 Å². The van der Waals surface area contributed by atoms with Gasteiger partial charge in [-0.15, -0.1) is 12.5 Å². The zero-order chi connectivity index (χ0) is 16.5. The monoisotopic (exact) mass is 425 g/mol. The number of hydrogen-bond donors (Lipinski definition) is 1. The first-order valence-electron chi connectivity index (χ1n) is 9.04. The predicted octanol–water partition coefficient (Wildman–Crippen LogP) is 5.07. The topological polar surface area (TPSA) is 29.5 Å². The summed E-state index contributed by atoms with van der Waals surface area (Å²) in [4.78, 5) is 0. The van der Waals surface area contributed by atoms with Crippen LogP contribution in [-0.2, 0) is 43.9 Å². The number of aliphatic hydroxyl groups is 1. The van der Waals surface area contributed by atoms with Crippen molar-refractivity contribution in [1.29, 1.82) is 0 Å². The molecule has 1 fully saturated rings. The molecule has 0 aromatic heterocycles. The van der Waals surface area contributed by atoms with Gasteiger partial charge >= 0.3 is 0 Å². The van der Waals surface area contributed by atoms with E-state index in [1.807, 2.05) is 0 Å². The second-order valence-corrected chi connectivity index (χ2v) is 7.08. The predicted molar refractivity (Wildman–Crippen MR) is 104 cm³/mol. The Bertz CT molecular complexity index is 742. The molecular weight excluding hydrogens is 397 g/mol. The number of benzene rings is 2. The van der Waals surface area contributed by atoms with Crippen molar-refractivity contribution in [2.24, 2.45) is 11.8 Å². The smallest absolute Gasteiger partial charge is 0.0991 e. The van der Waals surface area contributed by atoms with Crippen molar-refractivity contribution in [3.8, 4) is 0 Å². The van der Waals surface area contributed by atoms with Gasteiger partial charge in [0.25, 0.3) is 0 Å². The minimum absolute atomic E-state index is 0. The summed E-state index contributed by atoms with van der Waals surface area (Å²) in [6.45, 7) is 3.81. The molecule has 2 nitrogen and oxygen atoms in total. The molecule has 26 heavy (non-hydrogen) atoms. The van der Waals surface area contributed by atoms with E-state index in [0.717, 1.165) is 6.42 Å². The van der Waals surface area contributed by atoms with Crippen LogP contribution in [0.3, 0.4) is 0 Å². The van der Waals surface area contributed by atoms with Crippen LogP contribution in [0.4, 0.5) is 0 Å². The van der Waals surface area contributed by atoms with Crippen molar-refractivity contribution in [1.82, 2.24) is 0 Å². The molecular formula is C23H28O2Y-2. The van der Waals surface area contributed by atoms with Crippen LogP contribution in [-0.4, -0.2) is 17.8 Å². The molecule has 0 heterocycles. The Hall–Kier alpha value is -0.536. The summed E-state index contributed by atoms with van der Waals surface area (Å²) < 4.78 is 6.39. The summed E-state index contributed by atoms with van der Waals surface area (Å²) in [5, 5.41) is 12.2. The van der Waals surface area contributed by atoms with E-state index in [0.29, 0.717) is 11.8 Å². The van der Waals surface area contributed by atoms with Crippen LogP contribution in [0.25, 0.3) is 10.8 Å². The first-order chi connectivity index (χ1) is 11.8. The molecule has 2 aliphatic rings. The third-order valence-corrected chi connectivity index (χ3v) is 5.70. The quantitative estimate of drug-likeness (QED) is 0.548. The third kappa shape index (κ3) is 3.99. The minimum atomic E-state index is -0.309. The summed E-state index contributed by atoms with van der Waals surface area (Å²) in [6.07, 6.45) is 8.74. The van der Waals surface area contributed by atoms with E-state index in [4.69, 9.17) is 4.74 Å². The average Bonchev–Trinajstić information content (AvgIpc) is 2.65. The largest absolute Gasteiger partial charge is 0.393 e. The van der Waals surface area contributed by atoms with E-state index in [9.17, 15) is 5.11 Å². The fourth-order valence-electron chi connectivity index (χ4n) is 4.53. The molecule has 4 atom stereocenters. The van der Waals surface area contributed by atoms with Crippen LogP contribution < -0.4 is 0 Å². The molecule has 3 heteroatoms. The van der Waals surface area contributed by atoms with Gasteiger partial charge in [0.05, 0.1) is 18.8 Å². The standard InChI is InChI=1S/C22H25O2.CH3.Y/c1-2-18(14-23)24-22-20-10-6-4-8-16(20)13-17-12-11-15-7-3-5-9-19(15)21(17)22;;/h2-3,5,7,9-12,16,18,20,22-23H,1,4,6,8,13-14H2;1H3;/q2*-1;. The van der Waals surface area contributed by atoms with Crippen LogP contribution >= 0.6 is 0 Å². The van der Waals surface area contributed by atoms with Crippen molar-refractivity contribution in [3.63, 3.8) is 0 Å². The summed E-state index contributed by atoms with van der Waals surface area (Å²) >= 11 is 0. The van der Waals surface area contributed by atoms with Crippen LogP contribution in [0.15, 0.2) is 49.1 Å². The number of aliphatic hydroxyl groups excluding tert-OH is 1. The normalized spacial score (nSPS) is 25.2. The molecule has 0 saturated heterocycles. The molecule has 0 amide bonds. The number of rotatable bonds is 4. The Morgan fingerprint density at radius 1 is 1.27 bits per heavy atom. The van der Waals surface area contributed by atoms with Gasteiger partial charge in [-0.2, -0.15) is 6.42 Å². The van der Waals surface area contributed by atoms with Gasteiger partial charge in [-0.1, -0.05) is 61.2 Å². The van der Waals surface area contributed by atoms with Crippen LogP contribution in [0, 0.1) is 25.7 Å². The summed E-state index contributed by atoms with van der Waals surface area (Å²) in [5.41, 5.74) is 2.74. The Morgan fingerprint density at radius 2 is 2.08 bits per heavy atom.